The standard InChI is InChI=1S/C26H30F5N7O3/c1-2-17-23(37-41-36-17)24(40)35-22(15-5-8-25(27,28)9-6-15)18-13-38-19(33-18)11-16(12-32-38)21(14-3-4-14)34-20(39)7-10-26(29,30)31/h11-15,21-22H,2-10H2,1H3,(H,34,39)(H,35,40)/t21?,22-/m0/s1. The number of aryl methyl sites for hydroxylation is 1. The van der Waals surface area contributed by atoms with Crippen molar-refractivity contribution in [3.05, 3.63) is 41.1 Å². The van der Waals surface area contributed by atoms with Gasteiger partial charge in [-0.05, 0) is 60.7 Å². The molecule has 2 saturated carbocycles. The Morgan fingerprint density at radius 3 is 2.46 bits per heavy atom. The van der Waals surface area contributed by atoms with Crippen LogP contribution in [0.2, 0.25) is 0 Å². The molecule has 15 heteroatoms. The number of imidazole rings is 1. The Balaban J connectivity index is 1.40. The third kappa shape index (κ3) is 6.99. The van der Waals surface area contributed by atoms with Gasteiger partial charge in [-0.25, -0.2) is 22.9 Å². The zero-order valence-electron chi connectivity index (χ0n) is 22.3. The number of aromatic nitrogens is 5. The lowest BCUT2D eigenvalue weighted by Gasteiger charge is -2.33. The van der Waals surface area contributed by atoms with E-state index in [0.29, 0.717) is 29.0 Å². The van der Waals surface area contributed by atoms with E-state index in [1.807, 2.05) is 0 Å². The van der Waals surface area contributed by atoms with Crippen LogP contribution in [0.3, 0.4) is 0 Å². The number of amides is 2. The van der Waals surface area contributed by atoms with E-state index in [9.17, 15) is 31.5 Å². The van der Waals surface area contributed by atoms with Crippen molar-refractivity contribution in [1.82, 2.24) is 35.5 Å². The average molecular weight is 584 g/mol. The maximum atomic E-state index is 13.9. The zero-order chi connectivity index (χ0) is 29.4. The van der Waals surface area contributed by atoms with E-state index in [2.05, 4.69) is 31.0 Å². The molecule has 41 heavy (non-hydrogen) atoms. The fraction of sp³-hybridized carbons (Fsp3) is 0.615. The Morgan fingerprint density at radius 2 is 1.80 bits per heavy atom. The van der Waals surface area contributed by atoms with Crippen LogP contribution in [0.15, 0.2) is 23.1 Å². The van der Waals surface area contributed by atoms with Crippen molar-refractivity contribution in [2.24, 2.45) is 11.8 Å². The van der Waals surface area contributed by atoms with Crippen LogP contribution in [-0.2, 0) is 11.2 Å². The fourth-order valence-electron chi connectivity index (χ4n) is 5.28. The van der Waals surface area contributed by atoms with E-state index < -0.39 is 48.8 Å². The predicted octanol–water partition coefficient (Wildman–Crippen LogP) is 4.88. The molecule has 2 amide bonds. The Kier molecular flexibility index (Phi) is 7.97. The van der Waals surface area contributed by atoms with Crippen molar-refractivity contribution in [3.8, 4) is 0 Å². The number of hydrogen-bond acceptors (Lipinski definition) is 7. The van der Waals surface area contributed by atoms with E-state index in [0.717, 1.165) is 12.8 Å². The average Bonchev–Trinajstić information content (AvgIpc) is 3.48. The zero-order valence-corrected chi connectivity index (χ0v) is 22.3. The van der Waals surface area contributed by atoms with E-state index >= 15 is 0 Å². The van der Waals surface area contributed by atoms with E-state index in [1.165, 1.54) is 10.7 Å². The molecule has 3 aromatic rings. The van der Waals surface area contributed by atoms with Crippen LogP contribution in [0, 0.1) is 11.8 Å². The molecular weight excluding hydrogens is 553 g/mol. The minimum atomic E-state index is -4.43. The molecule has 0 aromatic carbocycles. The summed E-state index contributed by atoms with van der Waals surface area (Å²) >= 11 is 0. The molecule has 0 radical (unpaired) electrons. The van der Waals surface area contributed by atoms with Gasteiger partial charge >= 0.3 is 6.18 Å². The van der Waals surface area contributed by atoms with Crippen molar-refractivity contribution in [2.75, 3.05) is 0 Å². The Labute approximate surface area is 231 Å². The first-order chi connectivity index (χ1) is 19.4. The second-order valence-corrected chi connectivity index (χ2v) is 10.8. The number of rotatable bonds is 10. The lowest BCUT2D eigenvalue weighted by atomic mass is 9.81. The van der Waals surface area contributed by atoms with E-state index in [-0.39, 0.29) is 43.2 Å². The molecule has 2 atom stereocenters. The molecule has 222 valence electrons. The number of alkyl halides is 5. The second-order valence-electron chi connectivity index (χ2n) is 10.8. The van der Waals surface area contributed by atoms with Crippen LogP contribution in [0.5, 0.6) is 0 Å². The topological polar surface area (TPSA) is 127 Å². The van der Waals surface area contributed by atoms with Crippen LogP contribution < -0.4 is 10.6 Å². The summed E-state index contributed by atoms with van der Waals surface area (Å²) in [6.07, 6.45) is -1.46. The maximum Gasteiger partial charge on any atom is 0.389 e. The molecule has 10 nitrogen and oxygen atoms in total. The molecule has 0 saturated heterocycles. The molecule has 0 bridgehead atoms. The molecule has 3 aromatic heterocycles. The number of halogens is 5. The Bertz CT molecular complexity index is 1390. The summed E-state index contributed by atoms with van der Waals surface area (Å²) < 4.78 is 71.8. The lowest BCUT2D eigenvalue weighted by Crippen LogP contribution is -2.37. The third-order valence-electron chi connectivity index (χ3n) is 7.71. The van der Waals surface area contributed by atoms with Crippen molar-refractivity contribution in [2.45, 2.75) is 88.9 Å². The molecule has 2 fully saturated rings. The van der Waals surface area contributed by atoms with Crippen molar-refractivity contribution < 1.29 is 36.2 Å². The second kappa shape index (κ2) is 11.3. The van der Waals surface area contributed by atoms with Gasteiger partial charge in [0.05, 0.1) is 36.6 Å². The van der Waals surface area contributed by atoms with Gasteiger partial charge in [-0.1, -0.05) is 12.1 Å². The van der Waals surface area contributed by atoms with Gasteiger partial charge in [0.15, 0.2) is 11.3 Å². The van der Waals surface area contributed by atoms with Gasteiger partial charge in [0.25, 0.3) is 5.91 Å². The molecule has 2 aliphatic carbocycles. The number of fused-ring (bicyclic) bond motifs is 1. The Hall–Kier alpha value is -3.65. The predicted molar refractivity (Wildman–Crippen MR) is 133 cm³/mol. The normalized spacial score (nSPS) is 19.2. The quantitative estimate of drug-likeness (QED) is 0.326. The highest BCUT2D eigenvalue weighted by Gasteiger charge is 2.40. The van der Waals surface area contributed by atoms with Crippen LogP contribution in [-0.4, -0.2) is 48.8 Å². The fourth-order valence-corrected chi connectivity index (χ4v) is 5.28. The summed E-state index contributed by atoms with van der Waals surface area (Å²) in [7, 11) is 0. The van der Waals surface area contributed by atoms with Crippen molar-refractivity contribution in [3.63, 3.8) is 0 Å². The van der Waals surface area contributed by atoms with E-state index in [1.54, 1.807) is 19.2 Å². The van der Waals surface area contributed by atoms with Crippen molar-refractivity contribution >= 4 is 17.5 Å². The molecule has 5 rings (SSSR count). The largest absolute Gasteiger partial charge is 0.389 e. The van der Waals surface area contributed by atoms with Crippen molar-refractivity contribution in [1.29, 1.82) is 0 Å². The molecule has 2 aliphatic rings. The highest BCUT2D eigenvalue weighted by atomic mass is 19.4. The van der Waals surface area contributed by atoms with Gasteiger partial charge in [0, 0.05) is 19.3 Å². The molecular formula is C26H30F5N7O3. The highest BCUT2D eigenvalue weighted by Crippen LogP contribution is 2.43. The van der Waals surface area contributed by atoms with Crippen LogP contribution in [0.4, 0.5) is 22.0 Å². The molecule has 1 unspecified atom stereocenters. The first-order valence-electron chi connectivity index (χ1n) is 13.6. The number of carbonyl (C=O) groups is 2. The lowest BCUT2D eigenvalue weighted by molar-refractivity contribution is -0.144. The Morgan fingerprint density at radius 1 is 1.10 bits per heavy atom. The number of carbonyl (C=O) groups excluding carboxylic acids is 2. The molecule has 0 spiro atoms. The molecule has 2 N–H and O–H groups in total. The third-order valence-corrected chi connectivity index (χ3v) is 7.71. The summed E-state index contributed by atoms with van der Waals surface area (Å²) in [5.74, 6) is -4.29. The van der Waals surface area contributed by atoms with Gasteiger partial charge in [-0.2, -0.15) is 18.3 Å². The summed E-state index contributed by atoms with van der Waals surface area (Å²) in [6, 6.07) is 0.441. The maximum absolute atomic E-state index is 13.9. The van der Waals surface area contributed by atoms with Crippen LogP contribution >= 0.6 is 0 Å². The summed E-state index contributed by atoms with van der Waals surface area (Å²) in [6.45, 7) is 1.79. The minimum absolute atomic E-state index is 0.0105. The van der Waals surface area contributed by atoms with Gasteiger partial charge in [-0.3, -0.25) is 9.59 Å². The van der Waals surface area contributed by atoms with Gasteiger partial charge < -0.3 is 10.6 Å². The first kappa shape index (κ1) is 28.9. The number of nitrogens with zero attached hydrogens (tertiary/aromatic N) is 5. The minimum Gasteiger partial charge on any atom is -0.349 e. The van der Waals surface area contributed by atoms with Crippen LogP contribution in [0.1, 0.15) is 97.8 Å². The number of hydrogen-bond donors (Lipinski definition) is 2. The van der Waals surface area contributed by atoms with E-state index in [4.69, 9.17) is 4.63 Å². The number of nitrogens with one attached hydrogen (secondary N) is 2. The highest BCUT2D eigenvalue weighted by molar-refractivity contribution is 5.93. The van der Waals surface area contributed by atoms with Gasteiger partial charge in [0.2, 0.25) is 11.8 Å². The summed E-state index contributed by atoms with van der Waals surface area (Å²) in [4.78, 5) is 30.0. The monoisotopic (exact) mass is 583 g/mol. The summed E-state index contributed by atoms with van der Waals surface area (Å²) in [5.41, 5.74) is 1.75. The smallest absolute Gasteiger partial charge is 0.349 e. The van der Waals surface area contributed by atoms with Gasteiger partial charge in [0.1, 0.15) is 5.69 Å². The van der Waals surface area contributed by atoms with Gasteiger partial charge in [-0.15, -0.1) is 0 Å². The SMILES string of the molecule is CCc1nonc1C(=O)N[C@H](c1cn2ncc(C(NC(=O)CCC(F)(F)F)C3CC3)cc2n1)C1CCC(F)(F)CC1. The van der Waals surface area contributed by atoms with Crippen LogP contribution in [0.25, 0.3) is 5.65 Å². The summed E-state index contributed by atoms with van der Waals surface area (Å²) in [5, 5.41) is 17.4. The molecule has 3 heterocycles. The first-order valence-corrected chi connectivity index (χ1v) is 13.6. The molecule has 0 aliphatic heterocycles.